The molecule has 1 aromatic rings. The van der Waals surface area contributed by atoms with Crippen LogP contribution >= 0.6 is 11.6 Å². The minimum Gasteiger partial charge on any atom is -0.392 e. The topological polar surface area (TPSA) is 67.2 Å². The third-order valence-electron chi connectivity index (χ3n) is 4.04. The summed E-state index contributed by atoms with van der Waals surface area (Å²) in [5.41, 5.74) is 0.0348. The summed E-state index contributed by atoms with van der Waals surface area (Å²) in [4.78, 5) is 11.7. The van der Waals surface area contributed by atoms with Crippen molar-refractivity contribution in [2.75, 3.05) is 11.9 Å². The highest BCUT2D eigenvalue weighted by Gasteiger charge is 2.35. The SMILES string of the molecule is Cn1ncc(NCC2(C)CCCCC2O)c(Cl)c1=O. The fourth-order valence-corrected chi connectivity index (χ4v) is 2.76. The number of aliphatic hydroxyl groups is 1. The van der Waals surface area contributed by atoms with Gasteiger partial charge in [0, 0.05) is 19.0 Å². The molecule has 1 aromatic heterocycles. The van der Waals surface area contributed by atoms with E-state index in [0.717, 1.165) is 25.7 Å². The van der Waals surface area contributed by atoms with Gasteiger partial charge in [-0.2, -0.15) is 5.10 Å². The molecule has 5 nitrogen and oxygen atoms in total. The average molecular weight is 286 g/mol. The van der Waals surface area contributed by atoms with Crippen LogP contribution in [0.15, 0.2) is 11.0 Å². The van der Waals surface area contributed by atoms with Crippen molar-refractivity contribution >= 4 is 17.3 Å². The Hall–Kier alpha value is -1.07. The van der Waals surface area contributed by atoms with E-state index in [1.165, 1.54) is 4.68 Å². The van der Waals surface area contributed by atoms with Crippen molar-refractivity contribution in [3.8, 4) is 0 Å². The first-order valence-corrected chi connectivity index (χ1v) is 6.95. The first-order valence-electron chi connectivity index (χ1n) is 6.58. The Bertz CT molecular complexity index is 517. The zero-order valence-electron chi connectivity index (χ0n) is 11.3. The number of halogens is 1. The number of aryl methyl sites for hydroxylation is 1. The van der Waals surface area contributed by atoms with Crippen LogP contribution in [-0.4, -0.2) is 27.5 Å². The summed E-state index contributed by atoms with van der Waals surface area (Å²) in [6.45, 7) is 2.65. The van der Waals surface area contributed by atoms with E-state index in [2.05, 4.69) is 17.3 Å². The second kappa shape index (κ2) is 5.51. The highest BCUT2D eigenvalue weighted by atomic mass is 35.5. The Kier molecular flexibility index (Phi) is 4.16. The summed E-state index contributed by atoms with van der Waals surface area (Å²) in [7, 11) is 1.56. The molecule has 19 heavy (non-hydrogen) atoms. The van der Waals surface area contributed by atoms with Crippen LogP contribution in [0.4, 0.5) is 5.69 Å². The van der Waals surface area contributed by atoms with Crippen LogP contribution < -0.4 is 10.9 Å². The highest BCUT2D eigenvalue weighted by Crippen LogP contribution is 2.36. The molecule has 106 valence electrons. The summed E-state index contributed by atoms with van der Waals surface area (Å²) in [5.74, 6) is 0. The van der Waals surface area contributed by atoms with Gasteiger partial charge >= 0.3 is 0 Å². The summed E-state index contributed by atoms with van der Waals surface area (Å²) in [5, 5.41) is 17.4. The average Bonchev–Trinajstić information content (AvgIpc) is 2.39. The second-order valence-corrected chi connectivity index (χ2v) is 5.95. The standard InChI is InChI=1S/C13H20ClN3O2/c1-13(6-4-3-5-10(13)18)8-15-9-7-16-17(2)12(19)11(9)14/h7,10,15,18H,3-6,8H2,1-2H3. The maximum atomic E-state index is 11.7. The van der Waals surface area contributed by atoms with Crippen LogP contribution in [0.5, 0.6) is 0 Å². The second-order valence-electron chi connectivity index (χ2n) is 5.57. The number of hydrogen-bond acceptors (Lipinski definition) is 4. The Labute approximate surface area is 117 Å². The number of nitrogens with one attached hydrogen (secondary N) is 1. The Balaban J connectivity index is 2.10. The molecule has 0 spiro atoms. The van der Waals surface area contributed by atoms with E-state index in [-0.39, 0.29) is 22.1 Å². The predicted molar refractivity (Wildman–Crippen MR) is 75.6 cm³/mol. The van der Waals surface area contributed by atoms with Crippen LogP contribution in [-0.2, 0) is 7.05 Å². The van der Waals surface area contributed by atoms with Crippen LogP contribution in [0.2, 0.25) is 5.02 Å². The smallest absolute Gasteiger partial charge is 0.287 e. The van der Waals surface area contributed by atoms with E-state index in [1.807, 2.05) is 0 Å². The molecule has 0 radical (unpaired) electrons. The molecule has 2 atom stereocenters. The van der Waals surface area contributed by atoms with Gasteiger partial charge in [0.1, 0.15) is 5.02 Å². The first-order chi connectivity index (χ1) is 8.94. The molecule has 2 N–H and O–H groups in total. The Morgan fingerprint density at radius 3 is 3.05 bits per heavy atom. The molecule has 1 saturated carbocycles. The van der Waals surface area contributed by atoms with Gasteiger partial charge in [0.2, 0.25) is 0 Å². The molecular weight excluding hydrogens is 266 g/mol. The maximum absolute atomic E-state index is 11.7. The lowest BCUT2D eigenvalue weighted by molar-refractivity contribution is 0.00962. The minimum atomic E-state index is -0.319. The fourth-order valence-electron chi connectivity index (χ4n) is 2.52. The maximum Gasteiger partial charge on any atom is 0.287 e. The number of rotatable bonds is 3. The lowest BCUT2D eigenvalue weighted by Crippen LogP contribution is -2.41. The minimum absolute atomic E-state index is 0.145. The number of nitrogens with zero attached hydrogens (tertiary/aromatic N) is 2. The van der Waals surface area contributed by atoms with E-state index < -0.39 is 0 Å². The van der Waals surface area contributed by atoms with Crippen molar-refractivity contribution in [1.82, 2.24) is 9.78 Å². The molecule has 1 aliphatic carbocycles. The van der Waals surface area contributed by atoms with Crippen molar-refractivity contribution in [1.29, 1.82) is 0 Å². The quantitative estimate of drug-likeness (QED) is 0.888. The normalized spacial score (nSPS) is 27.3. The fraction of sp³-hybridized carbons (Fsp3) is 0.692. The van der Waals surface area contributed by atoms with Gasteiger partial charge in [-0.05, 0) is 12.8 Å². The number of aromatic nitrogens is 2. The molecule has 1 fully saturated rings. The van der Waals surface area contributed by atoms with Gasteiger partial charge in [-0.25, -0.2) is 4.68 Å². The summed E-state index contributed by atoms with van der Waals surface area (Å²) >= 11 is 6.00. The van der Waals surface area contributed by atoms with Gasteiger partial charge in [-0.3, -0.25) is 4.79 Å². The van der Waals surface area contributed by atoms with Crippen LogP contribution in [0.3, 0.4) is 0 Å². The molecule has 0 aliphatic heterocycles. The van der Waals surface area contributed by atoms with E-state index >= 15 is 0 Å². The third kappa shape index (κ3) is 2.92. The zero-order valence-corrected chi connectivity index (χ0v) is 12.1. The molecule has 0 aromatic carbocycles. The van der Waals surface area contributed by atoms with Crippen molar-refractivity contribution in [2.45, 2.75) is 38.7 Å². The zero-order chi connectivity index (χ0) is 14.0. The molecule has 2 unspecified atom stereocenters. The largest absolute Gasteiger partial charge is 0.392 e. The van der Waals surface area contributed by atoms with Crippen LogP contribution in [0.25, 0.3) is 0 Å². The van der Waals surface area contributed by atoms with Gasteiger partial charge in [-0.15, -0.1) is 0 Å². The first kappa shape index (κ1) is 14.3. The Morgan fingerprint density at radius 1 is 1.63 bits per heavy atom. The number of hydrogen-bond donors (Lipinski definition) is 2. The number of aliphatic hydroxyl groups excluding tert-OH is 1. The molecule has 6 heteroatoms. The van der Waals surface area contributed by atoms with E-state index in [1.54, 1.807) is 13.2 Å². The predicted octanol–water partition coefficient (Wildman–Crippen LogP) is 1.79. The molecular formula is C13H20ClN3O2. The van der Waals surface area contributed by atoms with Crippen molar-refractivity contribution in [3.05, 3.63) is 21.6 Å². The lowest BCUT2D eigenvalue weighted by Gasteiger charge is -2.38. The molecule has 0 amide bonds. The molecule has 0 saturated heterocycles. The third-order valence-corrected chi connectivity index (χ3v) is 4.41. The monoisotopic (exact) mass is 285 g/mol. The summed E-state index contributed by atoms with van der Waals surface area (Å²) < 4.78 is 1.20. The van der Waals surface area contributed by atoms with Crippen molar-refractivity contribution in [3.63, 3.8) is 0 Å². The van der Waals surface area contributed by atoms with E-state index in [0.29, 0.717) is 12.2 Å². The van der Waals surface area contributed by atoms with Crippen molar-refractivity contribution < 1.29 is 5.11 Å². The van der Waals surface area contributed by atoms with Crippen LogP contribution in [0, 0.1) is 5.41 Å². The molecule has 1 heterocycles. The van der Waals surface area contributed by atoms with Gasteiger partial charge in [0.05, 0.1) is 18.0 Å². The van der Waals surface area contributed by atoms with E-state index in [4.69, 9.17) is 11.6 Å². The molecule has 1 aliphatic rings. The highest BCUT2D eigenvalue weighted by molar-refractivity contribution is 6.32. The molecule has 0 bridgehead atoms. The summed E-state index contributed by atoms with van der Waals surface area (Å²) in [6, 6.07) is 0. The van der Waals surface area contributed by atoms with E-state index in [9.17, 15) is 9.90 Å². The van der Waals surface area contributed by atoms with Crippen molar-refractivity contribution in [2.24, 2.45) is 12.5 Å². The Morgan fingerprint density at radius 2 is 2.37 bits per heavy atom. The number of anilines is 1. The lowest BCUT2D eigenvalue weighted by atomic mass is 9.73. The molecule has 2 rings (SSSR count). The van der Waals surface area contributed by atoms with Gasteiger partial charge < -0.3 is 10.4 Å². The van der Waals surface area contributed by atoms with Crippen LogP contribution in [0.1, 0.15) is 32.6 Å². The summed E-state index contributed by atoms with van der Waals surface area (Å²) in [6.07, 6.45) is 5.23. The van der Waals surface area contributed by atoms with Gasteiger partial charge in [-0.1, -0.05) is 31.4 Å². The van der Waals surface area contributed by atoms with Gasteiger partial charge in [0.15, 0.2) is 0 Å². The van der Waals surface area contributed by atoms with Gasteiger partial charge in [0.25, 0.3) is 5.56 Å².